The quantitative estimate of drug-likeness (QED) is 0.0264. The molecule has 0 saturated heterocycles. The van der Waals surface area contributed by atoms with Crippen LogP contribution >= 0.6 is 7.82 Å². The first-order valence-electron chi connectivity index (χ1n) is 38.4. The number of hydrogen-bond donors (Lipinski definition) is 2. The highest BCUT2D eigenvalue weighted by molar-refractivity contribution is 7.47. The fraction of sp³-hybridized carbons (Fsp3) is 0.823. The molecular formula is C79H146NO8P. The number of carbonyl (C=O) groups excluding carboxylic acids is 2. The molecule has 2 unspecified atom stereocenters. The van der Waals surface area contributed by atoms with E-state index in [4.69, 9.17) is 24.3 Å². The molecule has 89 heavy (non-hydrogen) atoms. The van der Waals surface area contributed by atoms with Crippen molar-refractivity contribution >= 4 is 19.8 Å². The Morgan fingerprint density at radius 1 is 0.348 bits per heavy atom. The van der Waals surface area contributed by atoms with E-state index in [2.05, 4.69) is 86.8 Å². The average molecular weight is 1270 g/mol. The van der Waals surface area contributed by atoms with Gasteiger partial charge in [0.15, 0.2) is 6.10 Å². The van der Waals surface area contributed by atoms with Crippen molar-refractivity contribution in [3.63, 3.8) is 0 Å². The smallest absolute Gasteiger partial charge is 0.462 e. The zero-order valence-electron chi connectivity index (χ0n) is 58.7. The van der Waals surface area contributed by atoms with Crippen LogP contribution in [0.5, 0.6) is 0 Å². The Labute approximate surface area is 552 Å². The summed E-state index contributed by atoms with van der Waals surface area (Å²) in [7, 11) is -4.39. The number of unbranched alkanes of at least 4 members (excludes halogenated alkanes) is 48. The highest BCUT2D eigenvalue weighted by Gasteiger charge is 2.26. The van der Waals surface area contributed by atoms with Crippen molar-refractivity contribution in [3.05, 3.63) is 72.9 Å². The lowest BCUT2D eigenvalue weighted by atomic mass is 10.0. The second-order valence-electron chi connectivity index (χ2n) is 25.8. The van der Waals surface area contributed by atoms with Crippen LogP contribution in [0.15, 0.2) is 72.9 Å². The number of phosphoric acid groups is 1. The molecule has 0 spiro atoms. The summed E-state index contributed by atoms with van der Waals surface area (Å²) in [5.74, 6) is -0.806. The Bertz CT molecular complexity index is 1690. The van der Waals surface area contributed by atoms with Crippen molar-refractivity contribution < 1.29 is 37.6 Å². The molecule has 0 bridgehead atoms. The third kappa shape index (κ3) is 74.4. The van der Waals surface area contributed by atoms with Crippen LogP contribution in [-0.2, 0) is 32.7 Å². The van der Waals surface area contributed by atoms with Gasteiger partial charge in [0.05, 0.1) is 13.2 Å². The molecule has 0 heterocycles. The molecule has 0 aromatic rings. The van der Waals surface area contributed by atoms with Gasteiger partial charge in [-0.15, -0.1) is 0 Å². The van der Waals surface area contributed by atoms with Gasteiger partial charge in [-0.05, 0) is 83.5 Å². The van der Waals surface area contributed by atoms with Gasteiger partial charge in [-0.2, -0.15) is 0 Å². The molecule has 0 radical (unpaired) electrons. The Kier molecular flexibility index (Phi) is 72.4. The highest BCUT2D eigenvalue weighted by Crippen LogP contribution is 2.43. The molecule has 10 heteroatoms. The maximum absolute atomic E-state index is 12.8. The van der Waals surface area contributed by atoms with Crippen LogP contribution in [-0.4, -0.2) is 49.3 Å². The molecular weight excluding hydrogens is 1120 g/mol. The summed E-state index contributed by atoms with van der Waals surface area (Å²) < 4.78 is 33.3. The first-order valence-corrected chi connectivity index (χ1v) is 39.9. The summed E-state index contributed by atoms with van der Waals surface area (Å²) in [6.45, 7) is 3.69. The summed E-state index contributed by atoms with van der Waals surface area (Å²) >= 11 is 0. The lowest BCUT2D eigenvalue weighted by Crippen LogP contribution is -2.29. The van der Waals surface area contributed by atoms with E-state index in [1.807, 2.05) is 0 Å². The molecule has 0 amide bonds. The predicted octanol–water partition coefficient (Wildman–Crippen LogP) is 25.5. The number of hydrogen-bond acceptors (Lipinski definition) is 8. The first-order chi connectivity index (χ1) is 43.8. The van der Waals surface area contributed by atoms with E-state index in [-0.39, 0.29) is 38.6 Å². The Morgan fingerprint density at radius 3 is 0.921 bits per heavy atom. The zero-order chi connectivity index (χ0) is 64.4. The average Bonchev–Trinajstić information content (AvgIpc) is 3.68. The summed E-state index contributed by atoms with van der Waals surface area (Å²) in [6, 6.07) is 0. The maximum atomic E-state index is 12.8. The van der Waals surface area contributed by atoms with Crippen LogP contribution in [0.2, 0.25) is 0 Å². The molecule has 0 aromatic heterocycles. The lowest BCUT2D eigenvalue weighted by molar-refractivity contribution is -0.161. The molecule has 520 valence electrons. The lowest BCUT2D eigenvalue weighted by Gasteiger charge is -2.19. The van der Waals surface area contributed by atoms with Gasteiger partial charge in [-0.25, -0.2) is 4.57 Å². The maximum Gasteiger partial charge on any atom is 0.472 e. The number of nitrogens with two attached hydrogens (primary N) is 1. The number of carbonyl (C=O) groups is 2. The predicted molar refractivity (Wildman–Crippen MR) is 386 cm³/mol. The number of allylic oxidation sites excluding steroid dienone is 12. The van der Waals surface area contributed by atoms with E-state index in [1.54, 1.807) is 0 Å². The Morgan fingerprint density at radius 2 is 0.618 bits per heavy atom. The molecule has 0 aliphatic rings. The monoisotopic (exact) mass is 1270 g/mol. The molecule has 0 fully saturated rings. The van der Waals surface area contributed by atoms with Gasteiger partial charge >= 0.3 is 19.8 Å². The number of ether oxygens (including phenoxy) is 2. The van der Waals surface area contributed by atoms with E-state index in [0.717, 1.165) is 64.2 Å². The molecule has 0 saturated carbocycles. The topological polar surface area (TPSA) is 134 Å². The van der Waals surface area contributed by atoms with Gasteiger partial charge < -0.3 is 20.1 Å². The van der Waals surface area contributed by atoms with E-state index in [9.17, 15) is 19.0 Å². The summed E-state index contributed by atoms with van der Waals surface area (Å²) in [4.78, 5) is 35.4. The van der Waals surface area contributed by atoms with Gasteiger partial charge in [-0.1, -0.05) is 363 Å². The van der Waals surface area contributed by atoms with E-state index in [1.165, 1.54) is 289 Å². The van der Waals surface area contributed by atoms with Crippen molar-refractivity contribution in [1.29, 1.82) is 0 Å². The third-order valence-electron chi connectivity index (χ3n) is 17.1. The molecule has 9 nitrogen and oxygen atoms in total. The molecule has 3 N–H and O–H groups in total. The third-order valence-corrected chi connectivity index (χ3v) is 18.1. The second-order valence-corrected chi connectivity index (χ2v) is 27.3. The van der Waals surface area contributed by atoms with Gasteiger partial charge in [-0.3, -0.25) is 18.6 Å². The minimum Gasteiger partial charge on any atom is -0.462 e. The van der Waals surface area contributed by atoms with Gasteiger partial charge in [0.2, 0.25) is 0 Å². The van der Waals surface area contributed by atoms with Crippen molar-refractivity contribution in [1.82, 2.24) is 0 Å². The van der Waals surface area contributed by atoms with Crippen LogP contribution in [0, 0.1) is 0 Å². The molecule has 0 aliphatic carbocycles. The van der Waals surface area contributed by atoms with E-state index < -0.39 is 26.5 Å². The van der Waals surface area contributed by atoms with Crippen molar-refractivity contribution in [3.8, 4) is 0 Å². The van der Waals surface area contributed by atoms with Crippen molar-refractivity contribution in [2.24, 2.45) is 5.73 Å². The largest absolute Gasteiger partial charge is 0.472 e. The van der Waals surface area contributed by atoms with Gasteiger partial charge in [0.1, 0.15) is 6.61 Å². The van der Waals surface area contributed by atoms with Crippen LogP contribution < -0.4 is 5.73 Å². The number of phosphoric ester groups is 1. The summed E-state index contributed by atoms with van der Waals surface area (Å²) in [5.41, 5.74) is 5.41. The highest BCUT2D eigenvalue weighted by atomic mass is 31.2. The Balaban J connectivity index is 3.77. The molecule has 0 rings (SSSR count). The normalized spacial score (nSPS) is 13.3. The molecule has 0 aromatic carbocycles. The van der Waals surface area contributed by atoms with E-state index in [0.29, 0.717) is 6.42 Å². The van der Waals surface area contributed by atoms with Crippen molar-refractivity contribution in [2.45, 2.75) is 392 Å². The fourth-order valence-electron chi connectivity index (χ4n) is 11.4. The number of esters is 2. The summed E-state index contributed by atoms with van der Waals surface area (Å²) in [6.07, 6.45) is 98.9. The minimum atomic E-state index is -4.39. The minimum absolute atomic E-state index is 0.0548. The Hall–Kier alpha value is -2.55. The SMILES string of the molecule is CC/C=C\C/C=C\C/C=C\C/C=C\CCCCCCCCCCCCCCCCCCCCCCCCCCCCC(=O)OC(COC(=O)CCCCCCCCCCCCCCCCCCC/C=C\C/C=C\CCCCCCC)COP(=O)(O)OCCN. The van der Waals surface area contributed by atoms with Crippen LogP contribution in [0.3, 0.4) is 0 Å². The van der Waals surface area contributed by atoms with Crippen LogP contribution in [0.25, 0.3) is 0 Å². The van der Waals surface area contributed by atoms with Crippen LogP contribution in [0.1, 0.15) is 386 Å². The fourth-order valence-corrected chi connectivity index (χ4v) is 12.2. The number of rotatable bonds is 73. The summed E-state index contributed by atoms with van der Waals surface area (Å²) in [5, 5.41) is 0. The van der Waals surface area contributed by atoms with E-state index >= 15 is 0 Å². The van der Waals surface area contributed by atoms with Crippen LogP contribution in [0.4, 0.5) is 0 Å². The van der Waals surface area contributed by atoms with Gasteiger partial charge in [0.25, 0.3) is 0 Å². The first kappa shape index (κ1) is 86.5. The van der Waals surface area contributed by atoms with Gasteiger partial charge in [0, 0.05) is 19.4 Å². The second kappa shape index (κ2) is 74.5. The molecule has 0 aliphatic heterocycles. The molecule has 2 atom stereocenters. The van der Waals surface area contributed by atoms with Crippen molar-refractivity contribution in [2.75, 3.05) is 26.4 Å². The zero-order valence-corrected chi connectivity index (χ0v) is 59.6. The standard InChI is InChI=1S/C79H146NO8P/c1-3-5-7-9-11-13-15-17-19-21-23-25-27-29-31-33-34-35-36-37-38-39-40-41-42-44-46-48-50-52-54-56-58-60-62-64-66-68-70-72-79(82)88-77(76-87-89(83,84)86-74-73-80)75-85-78(81)71-69-67-65-63-61-59-57-55-53-51-49-47-45-43-32-30-28-26-24-22-20-18-16-14-12-10-8-6-4-2/h5,7,11,13,16-19,22-25,77H,3-4,6,8-10,12,14-15,20-21,26-76,80H2,1-2H3,(H,83,84)/b7-5-,13-11-,18-16-,19-17-,24-22-,25-23-.